The van der Waals surface area contributed by atoms with E-state index in [1.807, 2.05) is 22.7 Å². The van der Waals surface area contributed by atoms with Crippen molar-refractivity contribution in [2.24, 2.45) is 0 Å². The van der Waals surface area contributed by atoms with Crippen molar-refractivity contribution in [3.8, 4) is 22.3 Å². The van der Waals surface area contributed by atoms with Gasteiger partial charge in [0.05, 0.1) is 10.4 Å². The maximum atomic E-state index is 2.45. The van der Waals surface area contributed by atoms with Gasteiger partial charge in [-0.3, -0.25) is 0 Å². The van der Waals surface area contributed by atoms with Crippen LogP contribution in [-0.2, 0) is 0 Å². The quantitative estimate of drug-likeness (QED) is 0.188. The molecule has 45 heavy (non-hydrogen) atoms. The van der Waals surface area contributed by atoms with Gasteiger partial charge >= 0.3 is 0 Å². The minimum atomic E-state index is 1.14. The van der Waals surface area contributed by atoms with Gasteiger partial charge in [0.15, 0.2) is 0 Å². The number of fused-ring (bicyclic) bond motifs is 7. The van der Waals surface area contributed by atoms with Gasteiger partial charge < -0.3 is 4.90 Å². The van der Waals surface area contributed by atoms with Crippen molar-refractivity contribution in [3.05, 3.63) is 164 Å². The van der Waals surface area contributed by atoms with E-state index in [2.05, 4.69) is 169 Å². The number of anilines is 3. The molecule has 0 aliphatic heterocycles. The molecule has 0 unspecified atom stereocenters. The Bertz CT molecular complexity index is 2370. The van der Waals surface area contributed by atoms with Crippen molar-refractivity contribution in [1.29, 1.82) is 0 Å². The third-order valence-electron chi connectivity index (χ3n) is 8.68. The average molecular weight is 610 g/mol. The summed E-state index contributed by atoms with van der Waals surface area (Å²) in [4.78, 5) is 2.45. The smallest absolute Gasteiger partial charge is 0.0647 e. The van der Waals surface area contributed by atoms with Gasteiger partial charge in [0.2, 0.25) is 0 Å². The molecule has 0 aliphatic rings. The Morgan fingerprint density at radius 3 is 1.38 bits per heavy atom. The van der Waals surface area contributed by atoms with Crippen LogP contribution in [0.15, 0.2) is 164 Å². The highest BCUT2D eigenvalue weighted by Crippen LogP contribution is 2.51. The van der Waals surface area contributed by atoms with Crippen LogP contribution in [0.1, 0.15) is 0 Å². The molecule has 9 aromatic rings. The highest BCUT2D eigenvalue weighted by atomic mass is 32.1. The third kappa shape index (κ3) is 4.43. The Labute approximate surface area is 269 Å². The first kappa shape index (κ1) is 26.2. The van der Waals surface area contributed by atoms with Gasteiger partial charge in [-0.05, 0) is 64.7 Å². The fourth-order valence-electron chi connectivity index (χ4n) is 6.51. The molecule has 0 N–H and O–H groups in total. The molecule has 7 aromatic carbocycles. The van der Waals surface area contributed by atoms with Gasteiger partial charge in [-0.15, -0.1) is 22.7 Å². The van der Waals surface area contributed by atoms with E-state index < -0.39 is 0 Å². The van der Waals surface area contributed by atoms with Crippen LogP contribution >= 0.6 is 22.7 Å². The van der Waals surface area contributed by atoms with Crippen LogP contribution in [0.25, 0.3) is 62.6 Å². The number of thiophene rings is 2. The number of hydrogen-bond acceptors (Lipinski definition) is 3. The van der Waals surface area contributed by atoms with E-state index in [1.165, 1.54) is 68.3 Å². The van der Waals surface area contributed by atoms with Gasteiger partial charge in [-0.2, -0.15) is 0 Å². The standard InChI is InChI=1S/C42H27NS2/c1-3-11-28(12-4-1)30-19-23-32(24-20-30)43(33-25-21-31(22-26-33)29-13-5-2-6-14-29)37-27-36-34-15-7-9-17-38(34)44-41(36)40-35-16-8-10-18-39(35)45-42(37)40/h1-27H. The van der Waals surface area contributed by atoms with Crippen molar-refractivity contribution in [1.82, 2.24) is 0 Å². The van der Waals surface area contributed by atoms with Crippen LogP contribution in [0.4, 0.5) is 17.1 Å². The first-order valence-corrected chi connectivity index (χ1v) is 16.8. The molecule has 2 aromatic heterocycles. The first-order chi connectivity index (χ1) is 22.3. The Balaban J connectivity index is 1.31. The molecule has 9 rings (SSSR count). The molecular formula is C42H27NS2. The molecule has 0 atom stereocenters. The summed E-state index contributed by atoms with van der Waals surface area (Å²) in [7, 11) is 0. The fourth-order valence-corrected chi connectivity index (χ4v) is 9.04. The van der Waals surface area contributed by atoms with Crippen LogP contribution in [0.2, 0.25) is 0 Å². The van der Waals surface area contributed by atoms with E-state index in [-0.39, 0.29) is 0 Å². The van der Waals surface area contributed by atoms with Gasteiger partial charge in [-0.25, -0.2) is 0 Å². The van der Waals surface area contributed by atoms with Crippen LogP contribution in [0, 0.1) is 0 Å². The average Bonchev–Trinajstić information content (AvgIpc) is 3.69. The summed E-state index contributed by atoms with van der Waals surface area (Å²) < 4.78 is 5.32. The van der Waals surface area contributed by atoms with Crippen molar-refractivity contribution in [2.75, 3.05) is 4.90 Å². The van der Waals surface area contributed by atoms with E-state index in [0.29, 0.717) is 0 Å². The Kier molecular flexibility index (Phi) is 6.26. The zero-order chi connectivity index (χ0) is 29.7. The highest BCUT2D eigenvalue weighted by molar-refractivity contribution is 7.30. The van der Waals surface area contributed by atoms with E-state index in [9.17, 15) is 0 Å². The summed E-state index contributed by atoms with van der Waals surface area (Å²) in [5.74, 6) is 0. The van der Waals surface area contributed by atoms with E-state index in [0.717, 1.165) is 11.4 Å². The number of benzene rings is 7. The van der Waals surface area contributed by atoms with Gasteiger partial charge in [0, 0.05) is 47.0 Å². The summed E-state index contributed by atoms with van der Waals surface area (Å²) in [6.07, 6.45) is 0. The third-order valence-corrected chi connectivity index (χ3v) is 11.1. The maximum Gasteiger partial charge on any atom is 0.0647 e. The zero-order valence-corrected chi connectivity index (χ0v) is 26.0. The lowest BCUT2D eigenvalue weighted by molar-refractivity contribution is 1.31. The Morgan fingerprint density at radius 2 is 0.800 bits per heavy atom. The molecule has 2 heterocycles. The predicted octanol–water partition coefficient (Wildman–Crippen LogP) is 13.2. The second-order valence-electron chi connectivity index (χ2n) is 11.3. The summed E-state index contributed by atoms with van der Waals surface area (Å²) >= 11 is 3.81. The lowest BCUT2D eigenvalue weighted by atomic mass is 10.0. The normalized spacial score (nSPS) is 11.6. The topological polar surface area (TPSA) is 3.24 Å². The summed E-state index contributed by atoms with van der Waals surface area (Å²) in [5, 5.41) is 5.31. The first-order valence-electron chi connectivity index (χ1n) is 15.2. The molecule has 0 radical (unpaired) electrons. The Morgan fingerprint density at radius 1 is 0.356 bits per heavy atom. The molecule has 0 aliphatic carbocycles. The monoisotopic (exact) mass is 609 g/mol. The van der Waals surface area contributed by atoms with Gasteiger partial charge in [0.25, 0.3) is 0 Å². The fraction of sp³-hybridized carbons (Fsp3) is 0. The van der Waals surface area contributed by atoms with E-state index in [1.54, 1.807) is 0 Å². The van der Waals surface area contributed by atoms with Crippen LogP contribution in [0.3, 0.4) is 0 Å². The van der Waals surface area contributed by atoms with Crippen molar-refractivity contribution in [2.45, 2.75) is 0 Å². The molecule has 3 heteroatoms. The summed E-state index contributed by atoms with van der Waals surface area (Å²) in [6, 6.07) is 59.4. The van der Waals surface area contributed by atoms with Crippen LogP contribution in [0.5, 0.6) is 0 Å². The second-order valence-corrected chi connectivity index (χ2v) is 13.4. The van der Waals surface area contributed by atoms with Gasteiger partial charge in [0.1, 0.15) is 0 Å². The summed E-state index contributed by atoms with van der Waals surface area (Å²) in [6.45, 7) is 0. The highest BCUT2D eigenvalue weighted by Gasteiger charge is 2.22. The number of hydrogen-bond donors (Lipinski definition) is 0. The molecule has 212 valence electrons. The van der Waals surface area contributed by atoms with Crippen LogP contribution < -0.4 is 4.90 Å². The predicted molar refractivity (Wildman–Crippen MR) is 198 cm³/mol. The number of rotatable bonds is 5. The summed E-state index contributed by atoms with van der Waals surface area (Å²) in [5.41, 5.74) is 8.36. The molecular weight excluding hydrogens is 583 g/mol. The molecule has 0 amide bonds. The minimum absolute atomic E-state index is 1.14. The molecule has 0 spiro atoms. The SMILES string of the molecule is c1ccc(-c2ccc(N(c3ccc(-c4ccccc4)cc3)c3cc4c5ccccc5sc4c4c3sc3ccccc34)cc2)cc1. The van der Waals surface area contributed by atoms with Crippen LogP contribution in [-0.4, -0.2) is 0 Å². The lowest BCUT2D eigenvalue weighted by Crippen LogP contribution is -2.10. The van der Waals surface area contributed by atoms with Crippen molar-refractivity contribution in [3.63, 3.8) is 0 Å². The largest absolute Gasteiger partial charge is 0.309 e. The molecule has 0 fully saturated rings. The van der Waals surface area contributed by atoms with E-state index in [4.69, 9.17) is 0 Å². The minimum Gasteiger partial charge on any atom is -0.309 e. The number of nitrogens with zero attached hydrogens (tertiary/aromatic N) is 1. The van der Waals surface area contributed by atoms with Gasteiger partial charge in [-0.1, -0.05) is 121 Å². The van der Waals surface area contributed by atoms with Crippen molar-refractivity contribution < 1.29 is 0 Å². The second kappa shape index (κ2) is 10.7. The lowest BCUT2D eigenvalue weighted by Gasteiger charge is -2.27. The maximum absolute atomic E-state index is 2.45. The molecule has 1 nitrogen and oxygen atoms in total. The van der Waals surface area contributed by atoms with E-state index >= 15 is 0 Å². The molecule has 0 saturated carbocycles. The zero-order valence-electron chi connectivity index (χ0n) is 24.4. The Hall–Kier alpha value is -5.22. The van der Waals surface area contributed by atoms with Crippen molar-refractivity contribution >= 4 is 80.1 Å². The molecule has 0 bridgehead atoms. The molecule has 0 saturated heterocycles.